The first-order valence-electron chi connectivity index (χ1n) is 5.69. The highest BCUT2D eigenvalue weighted by atomic mass is 16.5. The number of rotatable bonds is 6. The van der Waals surface area contributed by atoms with E-state index in [0.29, 0.717) is 25.5 Å². The number of hydrogen-bond acceptors (Lipinski definition) is 4. The number of nitrogens with two attached hydrogens (primary N) is 1. The summed E-state index contributed by atoms with van der Waals surface area (Å²) in [5.41, 5.74) is 6.46. The monoisotopic (exact) mass is 235 g/mol. The smallest absolute Gasteiger partial charge is 0.169 e. The second-order valence-corrected chi connectivity index (χ2v) is 3.75. The van der Waals surface area contributed by atoms with Crippen molar-refractivity contribution < 1.29 is 13.9 Å². The first kappa shape index (κ1) is 12.0. The molecule has 1 heterocycles. The molecule has 0 spiro atoms. The molecule has 92 valence electrons. The summed E-state index contributed by atoms with van der Waals surface area (Å²) in [5, 5.41) is 0.977. The fourth-order valence-electron chi connectivity index (χ4n) is 1.74. The van der Waals surface area contributed by atoms with Gasteiger partial charge in [-0.15, -0.1) is 0 Å². The van der Waals surface area contributed by atoms with Crippen LogP contribution in [0.2, 0.25) is 0 Å². The van der Waals surface area contributed by atoms with E-state index in [1.807, 2.05) is 24.3 Å². The summed E-state index contributed by atoms with van der Waals surface area (Å²) in [6, 6.07) is 7.78. The summed E-state index contributed by atoms with van der Waals surface area (Å²) in [7, 11) is 1.68. The number of para-hydroxylation sites is 1. The Hall–Kier alpha value is -1.52. The van der Waals surface area contributed by atoms with E-state index in [1.165, 1.54) is 0 Å². The molecule has 1 aromatic heterocycles. The van der Waals surface area contributed by atoms with Crippen LogP contribution in [-0.2, 0) is 11.3 Å². The molecule has 1 aromatic carbocycles. The van der Waals surface area contributed by atoms with Gasteiger partial charge in [0.1, 0.15) is 5.58 Å². The minimum Gasteiger partial charge on any atom is -0.489 e. The maximum Gasteiger partial charge on any atom is 0.169 e. The zero-order valence-corrected chi connectivity index (χ0v) is 9.94. The highest BCUT2D eigenvalue weighted by Crippen LogP contribution is 2.32. The number of furan rings is 1. The molecule has 0 saturated heterocycles. The fraction of sp³-hybridized carbons (Fsp3) is 0.385. The quantitative estimate of drug-likeness (QED) is 0.780. The van der Waals surface area contributed by atoms with Gasteiger partial charge in [0.25, 0.3) is 0 Å². The van der Waals surface area contributed by atoms with Crippen molar-refractivity contribution in [3.05, 3.63) is 30.0 Å². The molecule has 0 saturated carbocycles. The van der Waals surface area contributed by atoms with Crippen molar-refractivity contribution in [3.8, 4) is 5.75 Å². The van der Waals surface area contributed by atoms with Gasteiger partial charge >= 0.3 is 0 Å². The predicted molar refractivity (Wildman–Crippen MR) is 66.1 cm³/mol. The topological polar surface area (TPSA) is 57.6 Å². The molecule has 4 nitrogen and oxygen atoms in total. The molecule has 17 heavy (non-hydrogen) atoms. The molecule has 0 aliphatic rings. The maximum atomic E-state index is 5.73. The minimum atomic E-state index is 0.342. The van der Waals surface area contributed by atoms with Gasteiger partial charge in [-0.2, -0.15) is 0 Å². The van der Waals surface area contributed by atoms with E-state index in [2.05, 4.69) is 0 Å². The van der Waals surface area contributed by atoms with Crippen LogP contribution in [0.3, 0.4) is 0 Å². The highest BCUT2D eigenvalue weighted by Gasteiger charge is 2.13. The summed E-state index contributed by atoms with van der Waals surface area (Å²) >= 11 is 0. The van der Waals surface area contributed by atoms with Gasteiger partial charge in [0.15, 0.2) is 11.5 Å². The van der Waals surface area contributed by atoms with Crippen LogP contribution in [0.25, 0.3) is 11.0 Å². The van der Waals surface area contributed by atoms with Crippen LogP contribution in [0, 0.1) is 0 Å². The van der Waals surface area contributed by atoms with E-state index >= 15 is 0 Å². The van der Waals surface area contributed by atoms with Crippen LogP contribution in [0.15, 0.2) is 28.7 Å². The Morgan fingerprint density at radius 1 is 1.24 bits per heavy atom. The van der Waals surface area contributed by atoms with E-state index < -0.39 is 0 Å². The zero-order chi connectivity index (χ0) is 12.1. The predicted octanol–water partition coefficient (Wildman–Crippen LogP) is 2.31. The van der Waals surface area contributed by atoms with Gasteiger partial charge in [0, 0.05) is 20.1 Å². The van der Waals surface area contributed by atoms with Crippen molar-refractivity contribution in [2.24, 2.45) is 5.73 Å². The van der Waals surface area contributed by atoms with Crippen molar-refractivity contribution >= 4 is 11.0 Å². The van der Waals surface area contributed by atoms with Gasteiger partial charge in [-0.05, 0) is 12.1 Å². The highest BCUT2D eigenvalue weighted by molar-refractivity contribution is 5.85. The Kier molecular flexibility index (Phi) is 4.01. The van der Waals surface area contributed by atoms with E-state index in [-0.39, 0.29) is 0 Å². The van der Waals surface area contributed by atoms with E-state index in [1.54, 1.807) is 7.11 Å². The van der Waals surface area contributed by atoms with Crippen LogP contribution in [-0.4, -0.2) is 20.3 Å². The first-order chi connectivity index (χ1) is 8.36. The lowest BCUT2D eigenvalue weighted by atomic mass is 10.2. The second kappa shape index (κ2) is 5.70. The van der Waals surface area contributed by atoms with Gasteiger partial charge in [0.2, 0.25) is 0 Å². The SMILES string of the molecule is COCCCOc1c(CN)oc2ccccc12. The molecule has 2 aromatic rings. The fourth-order valence-corrected chi connectivity index (χ4v) is 1.74. The molecular formula is C13H17NO3. The van der Waals surface area contributed by atoms with E-state index in [4.69, 9.17) is 19.6 Å². The Morgan fingerprint density at radius 3 is 2.82 bits per heavy atom. The summed E-state index contributed by atoms with van der Waals surface area (Å²) < 4.78 is 16.3. The number of ether oxygens (including phenoxy) is 2. The van der Waals surface area contributed by atoms with Gasteiger partial charge in [-0.1, -0.05) is 12.1 Å². The standard InChI is InChI=1S/C13H17NO3/c1-15-7-4-8-16-13-10-5-2-3-6-11(10)17-12(13)9-14/h2-3,5-6H,4,7-9,14H2,1H3. The number of fused-ring (bicyclic) bond motifs is 1. The lowest BCUT2D eigenvalue weighted by Gasteiger charge is -2.05. The molecule has 0 aliphatic carbocycles. The number of benzene rings is 1. The van der Waals surface area contributed by atoms with Crippen LogP contribution in [0.5, 0.6) is 5.75 Å². The Labute approximate surface area is 100 Å². The summed E-state index contributed by atoms with van der Waals surface area (Å²) in [6.45, 7) is 1.63. The van der Waals surface area contributed by atoms with Crippen LogP contribution >= 0.6 is 0 Å². The van der Waals surface area contributed by atoms with Crippen molar-refractivity contribution in [3.63, 3.8) is 0 Å². The summed E-state index contributed by atoms with van der Waals surface area (Å²) in [6.07, 6.45) is 0.847. The lowest BCUT2D eigenvalue weighted by Crippen LogP contribution is -2.04. The third-order valence-corrected chi connectivity index (χ3v) is 2.54. The molecule has 2 rings (SSSR count). The van der Waals surface area contributed by atoms with Gasteiger partial charge < -0.3 is 19.6 Å². The molecule has 0 amide bonds. The van der Waals surface area contributed by atoms with Crippen molar-refractivity contribution in [1.82, 2.24) is 0 Å². The largest absolute Gasteiger partial charge is 0.489 e. The maximum absolute atomic E-state index is 5.73. The lowest BCUT2D eigenvalue weighted by molar-refractivity contribution is 0.171. The minimum absolute atomic E-state index is 0.342. The molecule has 0 unspecified atom stereocenters. The van der Waals surface area contributed by atoms with Crippen molar-refractivity contribution in [2.45, 2.75) is 13.0 Å². The van der Waals surface area contributed by atoms with E-state index in [9.17, 15) is 0 Å². The molecule has 0 bridgehead atoms. The summed E-state index contributed by atoms with van der Waals surface area (Å²) in [4.78, 5) is 0. The second-order valence-electron chi connectivity index (χ2n) is 3.75. The normalized spacial score (nSPS) is 10.9. The summed E-state index contributed by atoms with van der Waals surface area (Å²) in [5.74, 6) is 1.46. The molecular weight excluding hydrogens is 218 g/mol. The average molecular weight is 235 g/mol. The van der Waals surface area contributed by atoms with Crippen LogP contribution in [0.4, 0.5) is 0 Å². The van der Waals surface area contributed by atoms with Crippen molar-refractivity contribution in [2.75, 3.05) is 20.3 Å². The van der Waals surface area contributed by atoms with Crippen molar-refractivity contribution in [1.29, 1.82) is 0 Å². The Balaban J connectivity index is 2.18. The molecule has 0 fully saturated rings. The third kappa shape index (κ3) is 2.60. The zero-order valence-electron chi connectivity index (χ0n) is 9.94. The van der Waals surface area contributed by atoms with E-state index in [0.717, 1.165) is 23.1 Å². The van der Waals surface area contributed by atoms with Crippen LogP contribution in [0.1, 0.15) is 12.2 Å². The molecule has 0 atom stereocenters. The average Bonchev–Trinajstić information content (AvgIpc) is 2.73. The number of methoxy groups -OCH3 is 1. The molecule has 0 radical (unpaired) electrons. The molecule has 4 heteroatoms. The Bertz CT molecular complexity index is 478. The molecule has 2 N–H and O–H groups in total. The van der Waals surface area contributed by atoms with Gasteiger partial charge in [0.05, 0.1) is 18.5 Å². The van der Waals surface area contributed by atoms with Crippen LogP contribution < -0.4 is 10.5 Å². The third-order valence-electron chi connectivity index (χ3n) is 2.54. The number of hydrogen-bond donors (Lipinski definition) is 1. The van der Waals surface area contributed by atoms with Gasteiger partial charge in [-0.3, -0.25) is 0 Å². The molecule has 0 aliphatic heterocycles. The van der Waals surface area contributed by atoms with Gasteiger partial charge in [-0.25, -0.2) is 0 Å². The Morgan fingerprint density at radius 2 is 2.06 bits per heavy atom. The first-order valence-corrected chi connectivity index (χ1v) is 5.69.